The highest BCUT2D eigenvalue weighted by Gasteiger charge is 2.33. The number of nitrogens with zero attached hydrogens (tertiary/aromatic N) is 1. The topological polar surface area (TPSA) is 84.9 Å². The molecule has 0 spiro atoms. The Balaban J connectivity index is 1.37. The van der Waals surface area contributed by atoms with Crippen molar-refractivity contribution in [3.8, 4) is 11.5 Å². The third kappa shape index (κ3) is 4.15. The maximum absolute atomic E-state index is 12.8. The van der Waals surface area contributed by atoms with Gasteiger partial charge in [0.25, 0.3) is 0 Å². The molecule has 4 rings (SSSR count). The zero-order valence-corrected chi connectivity index (χ0v) is 18.2. The minimum Gasteiger partial charge on any atom is -0.449 e. The van der Waals surface area contributed by atoms with Gasteiger partial charge in [0.05, 0.1) is 4.90 Å². The van der Waals surface area contributed by atoms with Gasteiger partial charge in [0, 0.05) is 44.6 Å². The molecule has 0 atom stereocenters. The summed E-state index contributed by atoms with van der Waals surface area (Å²) in [6.45, 7) is 6.21. The first-order chi connectivity index (χ1) is 14.1. The fourth-order valence-corrected chi connectivity index (χ4v) is 5.23. The lowest BCUT2D eigenvalue weighted by Crippen LogP contribution is -2.41. The van der Waals surface area contributed by atoms with Crippen LogP contribution in [0.4, 0.5) is 5.69 Å². The van der Waals surface area contributed by atoms with Gasteiger partial charge in [0.2, 0.25) is 21.7 Å². The van der Waals surface area contributed by atoms with Gasteiger partial charge in [0.1, 0.15) is 0 Å². The first-order valence-electron chi connectivity index (χ1n) is 10.0. The van der Waals surface area contributed by atoms with Crippen molar-refractivity contribution in [1.82, 2.24) is 4.31 Å². The van der Waals surface area contributed by atoms with Crippen molar-refractivity contribution in [2.75, 3.05) is 18.4 Å². The normalized spacial score (nSPS) is 18.9. The molecule has 0 saturated carbocycles. The highest BCUT2D eigenvalue weighted by Crippen LogP contribution is 2.40. The second-order valence-corrected chi connectivity index (χ2v) is 10.2. The maximum atomic E-state index is 12.8. The third-order valence-electron chi connectivity index (χ3n) is 5.41. The SMILES string of the molecule is Cc1ccc(S(=O)(=O)N2CCC(C(=O)Nc3ccc4c(c3)OC(C)(C)O4)CC2)cc1. The Morgan fingerprint density at radius 2 is 1.67 bits per heavy atom. The molecule has 30 heavy (non-hydrogen) atoms. The second kappa shape index (κ2) is 7.59. The van der Waals surface area contributed by atoms with Crippen molar-refractivity contribution in [2.24, 2.45) is 5.92 Å². The number of carbonyl (C=O) groups excluding carboxylic acids is 1. The summed E-state index contributed by atoms with van der Waals surface area (Å²) in [5.41, 5.74) is 1.64. The van der Waals surface area contributed by atoms with Crippen molar-refractivity contribution in [1.29, 1.82) is 0 Å². The molecule has 2 aromatic carbocycles. The molecule has 0 unspecified atom stereocenters. The molecule has 0 radical (unpaired) electrons. The van der Waals surface area contributed by atoms with E-state index >= 15 is 0 Å². The molecule has 2 aromatic rings. The molecule has 2 aliphatic rings. The van der Waals surface area contributed by atoms with Crippen LogP contribution in [-0.4, -0.2) is 37.5 Å². The first-order valence-corrected chi connectivity index (χ1v) is 11.5. The lowest BCUT2D eigenvalue weighted by Gasteiger charge is -2.30. The van der Waals surface area contributed by atoms with E-state index in [1.54, 1.807) is 42.5 Å². The minimum absolute atomic E-state index is 0.111. The average Bonchev–Trinajstić information content (AvgIpc) is 3.01. The number of piperidine rings is 1. The fourth-order valence-electron chi connectivity index (χ4n) is 3.76. The molecule has 0 bridgehead atoms. The number of rotatable bonds is 4. The first kappa shape index (κ1) is 20.7. The second-order valence-electron chi connectivity index (χ2n) is 8.25. The maximum Gasteiger partial charge on any atom is 0.246 e. The Morgan fingerprint density at radius 1 is 1.03 bits per heavy atom. The molecule has 0 aliphatic carbocycles. The highest BCUT2D eigenvalue weighted by molar-refractivity contribution is 7.89. The van der Waals surface area contributed by atoms with Crippen LogP contribution in [-0.2, 0) is 14.8 Å². The zero-order valence-electron chi connectivity index (χ0n) is 17.3. The molecule has 2 aliphatic heterocycles. The van der Waals surface area contributed by atoms with E-state index in [4.69, 9.17) is 9.47 Å². The molecular weight excluding hydrogens is 404 g/mol. The van der Waals surface area contributed by atoms with Gasteiger partial charge in [-0.15, -0.1) is 0 Å². The standard InChI is InChI=1S/C22H26N2O5S/c1-15-4-7-18(8-5-15)30(26,27)24-12-10-16(11-13-24)21(25)23-17-6-9-19-20(14-17)29-22(2,3)28-19/h4-9,14,16H,10-13H2,1-3H3,(H,23,25). The highest BCUT2D eigenvalue weighted by atomic mass is 32.2. The van der Waals surface area contributed by atoms with E-state index in [1.165, 1.54) is 4.31 Å². The molecule has 1 saturated heterocycles. The molecule has 7 nitrogen and oxygen atoms in total. The number of ether oxygens (including phenoxy) is 2. The van der Waals surface area contributed by atoms with Crippen molar-refractivity contribution in [3.05, 3.63) is 48.0 Å². The van der Waals surface area contributed by atoms with Crippen LogP contribution in [0.25, 0.3) is 0 Å². The smallest absolute Gasteiger partial charge is 0.246 e. The summed E-state index contributed by atoms with van der Waals surface area (Å²) in [6.07, 6.45) is 0.961. The molecular formula is C22H26N2O5S. The summed E-state index contributed by atoms with van der Waals surface area (Å²) in [5, 5.41) is 2.92. The number of benzene rings is 2. The number of hydrogen-bond donors (Lipinski definition) is 1. The van der Waals surface area contributed by atoms with E-state index in [-0.39, 0.29) is 11.8 Å². The lowest BCUT2D eigenvalue weighted by molar-refractivity contribution is -0.120. The number of carbonyl (C=O) groups is 1. The number of nitrogens with one attached hydrogen (secondary N) is 1. The van der Waals surface area contributed by atoms with E-state index in [2.05, 4.69) is 5.32 Å². The van der Waals surface area contributed by atoms with E-state index in [1.807, 2.05) is 20.8 Å². The predicted molar refractivity (Wildman–Crippen MR) is 113 cm³/mol. The van der Waals surface area contributed by atoms with Gasteiger partial charge >= 0.3 is 0 Å². The third-order valence-corrected chi connectivity index (χ3v) is 7.32. The Morgan fingerprint density at radius 3 is 2.33 bits per heavy atom. The van der Waals surface area contributed by atoms with E-state index in [9.17, 15) is 13.2 Å². The van der Waals surface area contributed by atoms with Gasteiger partial charge in [-0.2, -0.15) is 4.31 Å². The van der Waals surface area contributed by atoms with Crippen LogP contribution in [0.5, 0.6) is 11.5 Å². The molecule has 1 fully saturated rings. The Labute approximate surface area is 177 Å². The van der Waals surface area contributed by atoms with Crippen LogP contribution in [0.15, 0.2) is 47.4 Å². The molecule has 0 aromatic heterocycles. The lowest BCUT2D eigenvalue weighted by atomic mass is 9.97. The molecule has 1 N–H and O–H groups in total. The summed E-state index contributed by atoms with van der Waals surface area (Å²) < 4.78 is 38.5. The summed E-state index contributed by atoms with van der Waals surface area (Å²) in [7, 11) is -3.53. The Bertz CT molecular complexity index is 1060. The Hall–Kier alpha value is -2.58. The van der Waals surface area contributed by atoms with Crippen molar-refractivity contribution in [2.45, 2.75) is 44.3 Å². The van der Waals surface area contributed by atoms with E-state index in [0.29, 0.717) is 48.0 Å². The van der Waals surface area contributed by atoms with Crippen molar-refractivity contribution >= 4 is 21.6 Å². The number of aryl methyl sites for hydroxylation is 1. The summed E-state index contributed by atoms with van der Waals surface area (Å²) in [5.74, 6) is 0.169. The summed E-state index contributed by atoms with van der Waals surface area (Å²) in [4.78, 5) is 13.0. The van der Waals surface area contributed by atoms with Gasteiger partial charge in [-0.25, -0.2) is 8.42 Å². The minimum atomic E-state index is -3.53. The quantitative estimate of drug-likeness (QED) is 0.802. The van der Waals surface area contributed by atoms with Crippen LogP contribution in [0.3, 0.4) is 0 Å². The van der Waals surface area contributed by atoms with E-state index < -0.39 is 15.8 Å². The number of sulfonamides is 1. The zero-order chi connectivity index (χ0) is 21.5. The number of fused-ring (bicyclic) bond motifs is 1. The van der Waals surface area contributed by atoms with Gasteiger partial charge in [-0.3, -0.25) is 4.79 Å². The average molecular weight is 431 g/mol. The van der Waals surface area contributed by atoms with Gasteiger partial charge in [-0.05, 0) is 44.0 Å². The van der Waals surface area contributed by atoms with Crippen LogP contribution in [0, 0.1) is 12.8 Å². The molecule has 2 heterocycles. The van der Waals surface area contributed by atoms with Crippen molar-refractivity contribution < 1.29 is 22.7 Å². The summed E-state index contributed by atoms with van der Waals surface area (Å²) in [6, 6.07) is 12.1. The predicted octanol–water partition coefficient (Wildman–Crippen LogP) is 3.54. The van der Waals surface area contributed by atoms with Crippen LogP contribution >= 0.6 is 0 Å². The van der Waals surface area contributed by atoms with Gasteiger partial charge in [0.15, 0.2) is 11.5 Å². The molecule has 160 valence electrons. The van der Waals surface area contributed by atoms with Crippen molar-refractivity contribution in [3.63, 3.8) is 0 Å². The van der Waals surface area contributed by atoms with Crippen LogP contribution in [0.2, 0.25) is 0 Å². The molecule has 8 heteroatoms. The van der Waals surface area contributed by atoms with E-state index in [0.717, 1.165) is 5.56 Å². The number of amides is 1. The number of anilines is 1. The van der Waals surface area contributed by atoms with Gasteiger partial charge in [-0.1, -0.05) is 17.7 Å². The largest absolute Gasteiger partial charge is 0.449 e. The fraction of sp³-hybridized carbons (Fsp3) is 0.409. The summed E-state index contributed by atoms with van der Waals surface area (Å²) >= 11 is 0. The Kier molecular flexibility index (Phi) is 5.23. The van der Waals surface area contributed by atoms with Crippen LogP contribution in [0.1, 0.15) is 32.3 Å². The van der Waals surface area contributed by atoms with Crippen LogP contribution < -0.4 is 14.8 Å². The number of hydrogen-bond acceptors (Lipinski definition) is 5. The monoisotopic (exact) mass is 430 g/mol. The van der Waals surface area contributed by atoms with Gasteiger partial charge < -0.3 is 14.8 Å². The molecule has 1 amide bonds.